The molecule has 0 aliphatic carbocycles. The first-order chi connectivity index (χ1) is 7.50. The van der Waals surface area contributed by atoms with E-state index in [1.165, 1.54) is 0 Å². The lowest BCUT2D eigenvalue weighted by molar-refractivity contribution is 0.398. The molecule has 0 bridgehead atoms. The number of aromatic hydroxyl groups is 1. The Kier molecular flexibility index (Phi) is 5.51. The van der Waals surface area contributed by atoms with Gasteiger partial charge in [0.2, 0.25) is 0 Å². The Morgan fingerprint density at radius 1 is 1.38 bits per heavy atom. The summed E-state index contributed by atoms with van der Waals surface area (Å²) < 4.78 is 1.16. The van der Waals surface area contributed by atoms with Crippen LogP contribution in [0.15, 0.2) is 12.1 Å². The summed E-state index contributed by atoms with van der Waals surface area (Å²) in [5, 5.41) is 13.2. The van der Waals surface area contributed by atoms with Gasteiger partial charge >= 0.3 is 0 Å². The van der Waals surface area contributed by atoms with Crippen molar-refractivity contribution in [2.45, 2.75) is 13.5 Å². The number of hydrogen-bond acceptors (Lipinski definition) is 3. The van der Waals surface area contributed by atoms with Crippen LogP contribution in [0.5, 0.6) is 5.75 Å². The maximum atomic E-state index is 9.88. The highest BCUT2D eigenvalue weighted by Crippen LogP contribution is 2.24. The normalized spacial score (nSPS) is 11.1. The number of halogens is 1. The Labute approximate surface area is 111 Å². The molecule has 1 rings (SSSR count). The molecule has 0 aliphatic heterocycles. The Bertz CT molecular complexity index is 353. The highest BCUT2D eigenvalue weighted by atomic mass is 127. The molecule has 1 aromatic carbocycles. The van der Waals surface area contributed by atoms with E-state index >= 15 is 0 Å². The van der Waals surface area contributed by atoms with E-state index in [1.807, 2.05) is 19.1 Å². The minimum absolute atomic E-state index is 0.415. The number of benzene rings is 1. The molecule has 1 aromatic rings. The quantitative estimate of drug-likeness (QED) is 0.638. The molecular weight excluding hydrogens is 315 g/mol. The fourth-order valence-electron chi connectivity index (χ4n) is 1.47. The first-order valence-electron chi connectivity index (χ1n) is 5.34. The monoisotopic (exact) mass is 334 g/mol. The standard InChI is InChI=1S/C12H19IN2O/c1-9-6-11(13)7-10(12(9)16)8-14-4-5-15(2)3/h6-7,14,16H,4-5,8H2,1-3H3. The molecule has 0 aromatic heterocycles. The van der Waals surface area contributed by atoms with Crippen LogP contribution >= 0.6 is 22.6 Å². The fraction of sp³-hybridized carbons (Fsp3) is 0.500. The molecule has 0 atom stereocenters. The third-order valence-electron chi connectivity index (χ3n) is 2.40. The topological polar surface area (TPSA) is 35.5 Å². The summed E-state index contributed by atoms with van der Waals surface area (Å²) in [5.74, 6) is 0.415. The molecular formula is C12H19IN2O. The van der Waals surface area contributed by atoms with Gasteiger partial charge in [0.25, 0.3) is 0 Å². The Morgan fingerprint density at radius 3 is 2.69 bits per heavy atom. The molecule has 16 heavy (non-hydrogen) atoms. The fourth-order valence-corrected chi connectivity index (χ4v) is 2.31. The zero-order valence-electron chi connectivity index (χ0n) is 10.0. The number of nitrogens with zero attached hydrogens (tertiary/aromatic N) is 1. The summed E-state index contributed by atoms with van der Waals surface area (Å²) in [5.41, 5.74) is 1.92. The number of phenols is 1. The lowest BCUT2D eigenvalue weighted by Crippen LogP contribution is -2.26. The summed E-state index contributed by atoms with van der Waals surface area (Å²) in [6.45, 7) is 4.58. The number of nitrogens with one attached hydrogen (secondary N) is 1. The minimum Gasteiger partial charge on any atom is -0.507 e. The number of hydrogen-bond donors (Lipinski definition) is 2. The SMILES string of the molecule is Cc1cc(I)cc(CNCCN(C)C)c1O. The molecule has 3 nitrogen and oxygen atoms in total. The van der Waals surface area contributed by atoms with Gasteiger partial charge in [0.15, 0.2) is 0 Å². The minimum atomic E-state index is 0.415. The average Bonchev–Trinajstić information content (AvgIpc) is 2.19. The molecule has 90 valence electrons. The lowest BCUT2D eigenvalue weighted by atomic mass is 10.1. The number of aryl methyl sites for hydroxylation is 1. The molecule has 0 fully saturated rings. The van der Waals surface area contributed by atoms with Crippen LogP contribution in [-0.4, -0.2) is 37.2 Å². The smallest absolute Gasteiger partial charge is 0.123 e. The first-order valence-corrected chi connectivity index (χ1v) is 6.42. The molecule has 0 amide bonds. The van der Waals surface area contributed by atoms with Crippen LogP contribution in [0.1, 0.15) is 11.1 Å². The van der Waals surface area contributed by atoms with Crippen LogP contribution < -0.4 is 5.32 Å². The highest BCUT2D eigenvalue weighted by Gasteiger charge is 2.05. The van der Waals surface area contributed by atoms with E-state index in [2.05, 4.69) is 46.9 Å². The van der Waals surface area contributed by atoms with E-state index in [0.717, 1.165) is 34.3 Å². The van der Waals surface area contributed by atoms with Crippen molar-refractivity contribution >= 4 is 22.6 Å². The molecule has 0 radical (unpaired) electrons. The second-order valence-electron chi connectivity index (χ2n) is 4.21. The third-order valence-corrected chi connectivity index (χ3v) is 3.02. The summed E-state index contributed by atoms with van der Waals surface area (Å²) in [6, 6.07) is 4.00. The molecule has 0 aliphatic rings. The lowest BCUT2D eigenvalue weighted by Gasteiger charge is -2.12. The average molecular weight is 334 g/mol. The van der Waals surface area contributed by atoms with Gasteiger partial charge in [0.05, 0.1) is 0 Å². The van der Waals surface area contributed by atoms with Gasteiger partial charge in [-0.25, -0.2) is 0 Å². The Balaban J connectivity index is 2.53. The van der Waals surface area contributed by atoms with E-state index in [4.69, 9.17) is 0 Å². The van der Waals surface area contributed by atoms with Crippen LogP contribution in [0.25, 0.3) is 0 Å². The Hall–Kier alpha value is -0.330. The predicted molar refractivity (Wildman–Crippen MR) is 75.8 cm³/mol. The first kappa shape index (κ1) is 13.7. The van der Waals surface area contributed by atoms with E-state index in [1.54, 1.807) is 0 Å². The van der Waals surface area contributed by atoms with E-state index in [9.17, 15) is 5.11 Å². The van der Waals surface area contributed by atoms with E-state index in [0.29, 0.717) is 5.75 Å². The largest absolute Gasteiger partial charge is 0.507 e. The maximum Gasteiger partial charge on any atom is 0.123 e. The summed E-state index contributed by atoms with van der Waals surface area (Å²) >= 11 is 2.27. The van der Waals surface area contributed by atoms with Crippen molar-refractivity contribution in [1.29, 1.82) is 0 Å². The van der Waals surface area contributed by atoms with Crippen molar-refractivity contribution in [3.8, 4) is 5.75 Å². The maximum absolute atomic E-state index is 9.88. The van der Waals surface area contributed by atoms with Crippen molar-refractivity contribution in [2.75, 3.05) is 27.2 Å². The van der Waals surface area contributed by atoms with Gasteiger partial charge < -0.3 is 15.3 Å². The predicted octanol–water partition coefficient (Wildman–Crippen LogP) is 1.96. The molecule has 4 heteroatoms. The third kappa shape index (κ3) is 4.27. The van der Waals surface area contributed by atoms with E-state index < -0.39 is 0 Å². The molecule has 0 unspecified atom stereocenters. The van der Waals surface area contributed by atoms with Crippen LogP contribution in [0, 0.1) is 10.5 Å². The zero-order valence-corrected chi connectivity index (χ0v) is 12.2. The molecule has 0 spiro atoms. The van der Waals surface area contributed by atoms with Crippen LogP contribution in [0.2, 0.25) is 0 Å². The summed E-state index contributed by atoms with van der Waals surface area (Å²) in [6.07, 6.45) is 0. The van der Waals surface area contributed by atoms with Crippen molar-refractivity contribution in [2.24, 2.45) is 0 Å². The molecule has 2 N–H and O–H groups in total. The van der Waals surface area contributed by atoms with Crippen LogP contribution in [-0.2, 0) is 6.54 Å². The Morgan fingerprint density at radius 2 is 2.06 bits per heavy atom. The van der Waals surface area contributed by atoms with E-state index in [-0.39, 0.29) is 0 Å². The number of rotatable bonds is 5. The summed E-state index contributed by atoms with van der Waals surface area (Å²) in [4.78, 5) is 2.13. The molecule has 0 saturated heterocycles. The van der Waals surface area contributed by atoms with Gasteiger partial charge in [0, 0.05) is 28.8 Å². The van der Waals surface area contributed by atoms with Crippen molar-refractivity contribution < 1.29 is 5.11 Å². The van der Waals surface area contributed by atoms with Gasteiger partial charge in [0.1, 0.15) is 5.75 Å². The number of likely N-dealkylation sites (N-methyl/N-ethyl adjacent to an activating group) is 1. The van der Waals surface area contributed by atoms with Crippen LogP contribution in [0.4, 0.5) is 0 Å². The second kappa shape index (κ2) is 6.42. The second-order valence-corrected chi connectivity index (χ2v) is 5.46. The highest BCUT2D eigenvalue weighted by molar-refractivity contribution is 14.1. The van der Waals surface area contributed by atoms with Gasteiger partial charge in [-0.1, -0.05) is 0 Å². The van der Waals surface area contributed by atoms with Gasteiger partial charge in [-0.05, 0) is 61.3 Å². The van der Waals surface area contributed by atoms with Crippen molar-refractivity contribution in [3.63, 3.8) is 0 Å². The van der Waals surface area contributed by atoms with Crippen molar-refractivity contribution in [3.05, 3.63) is 26.8 Å². The molecule has 0 heterocycles. The molecule has 0 saturated carbocycles. The van der Waals surface area contributed by atoms with Gasteiger partial charge in [-0.3, -0.25) is 0 Å². The zero-order chi connectivity index (χ0) is 12.1. The number of phenolic OH excluding ortho intramolecular Hbond substituents is 1. The van der Waals surface area contributed by atoms with Crippen molar-refractivity contribution in [1.82, 2.24) is 10.2 Å². The van der Waals surface area contributed by atoms with Gasteiger partial charge in [-0.15, -0.1) is 0 Å². The van der Waals surface area contributed by atoms with Gasteiger partial charge in [-0.2, -0.15) is 0 Å². The summed E-state index contributed by atoms with van der Waals surface area (Å²) in [7, 11) is 4.10. The van der Waals surface area contributed by atoms with Crippen LogP contribution in [0.3, 0.4) is 0 Å².